The maximum atomic E-state index is 12.3. The molecular weight excluding hydrogens is 340 g/mol. The van der Waals surface area contributed by atoms with Gasteiger partial charge < -0.3 is 15.2 Å². The van der Waals surface area contributed by atoms with Gasteiger partial charge in [0.25, 0.3) is 5.91 Å². The number of ether oxygens (including phenoxy) is 1. The molecule has 120 valence electrons. The molecule has 23 heavy (non-hydrogen) atoms. The Morgan fingerprint density at radius 3 is 2.70 bits per heavy atom. The molecule has 1 aliphatic rings. The van der Waals surface area contributed by atoms with Gasteiger partial charge in [0.15, 0.2) is 5.54 Å². The normalized spacial score (nSPS) is 20.4. The van der Waals surface area contributed by atoms with Gasteiger partial charge in [-0.1, -0.05) is 23.7 Å². The van der Waals surface area contributed by atoms with Crippen molar-refractivity contribution in [2.45, 2.75) is 12.0 Å². The summed E-state index contributed by atoms with van der Waals surface area (Å²) in [5, 5.41) is 14.8. The summed E-state index contributed by atoms with van der Waals surface area (Å²) in [6.07, 6.45) is 0.238. The third-order valence-corrected chi connectivity index (χ3v) is 4.76. The van der Waals surface area contributed by atoms with E-state index in [2.05, 4.69) is 10.3 Å². The number of amides is 1. The molecule has 0 spiro atoms. The number of hydrogen-bond donors (Lipinski definition) is 2. The number of halogens is 1. The highest BCUT2D eigenvalue weighted by Crippen LogP contribution is 2.26. The quantitative estimate of drug-likeness (QED) is 0.882. The van der Waals surface area contributed by atoms with Gasteiger partial charge in [0.05, 0.1) is 6.61 Å². The Kier molecular flexibility index (Phi) is 4.34. The molecule has 0 aliphatic carbocycles. The van der Waals surface area contributed by atoms with Crippen LogP contribution in [0, 0.1) is 0 Å². The van der Waals surface area contributed by atoms with Gasteiger partial charge in [0.2, 0.25) is 0 Å². The van der Waals surface area contributed by atoms with E-state index in [1.54, 1.807) is 17.5 Å². The monoisotopic (exact) mass is 352 g/mol. The molecule has 1 fully saturated rings. The number of carbonyl (C=O) groups is 2. The summed E-state index contributed by atoms with van der Waals surface area (Å²) < 4.78 is 5.12. The third kappa shape index (κ3) is 3.21. The van der Waals surface area contributed by atoms with Gasteiger partial charge in [-0.05, 0) is 12.1 Å². The molecule has 0 radical (unpaired) electrons. The topological polar surface area (TPSA) is 88.5 Å². The average molecular weight is 353 g/mol. The summed E-state index contributed by atoms with van der Waals surface area (Å²) in [6.45, 7) is 0.266. The fourth-order valence-corrected chi connectivity index (χ4v) is 3.20. The van der Waals surface area contributed by atoms with Crippen LogP contribution in [-0.4, -0.2) is 40.7 Å². The first-order chi connectivity index (χ1) is 11.0. The summed E-state index contributed by atoms with van der Waals surface area (Å²) in [5.41, 5.74) is -0.343. The van der Waals surface area contributed by atoms with Gasteiger partial charge in [-0.15, -0.1) is 11.3 Å². The van der Waals surface area contributed by atoms with E-state index in [-0.39, 0.29) is 18.7 Å². The lowest BCUT2D eigenvalue weighted by Crippen LogP contribution is -2.55. The van der Waals surface area contributed by atoms with E-state index in [0.29, 0.717) is 16.6 Å². The molecule has 1 aromatic heterocycles. The number of carboxylic acids is 1. The zero-order valence-corrected chi connectivity index (χ0v) is 13.5. The van der Waals surface area contributed by atoms with E-state index >= 15 is 0 Å². The van der Waals surface area contributed by atoms with Crippen LogP contribution in [0.15, 0.2) is 29.6 Å². The van der Waals surface area contributed by atoms with Crippen LogP contribution in [0.2, 0.25) is 5.02 Å². The molecule has 1 aliphatic heterocycles. The zero-order valence-electron chi connectivity index (χ0n) is 11.9. The van der Waals surface area contributed by atoms with Crippen LogP contribution in [0.3, 0.4) is 0 Å². The number of aliphatic carboxylic acids is 1. The van der Waals surface area contributed by atoms with E-state index in [1.165, 1.54) is 11.3 Å². The predicted molar refractivity (Wildman–Crippen MR) is 85.8 cm³/mol. The number of benzene rings is 1. The molecule has 1 saturated heterocycles. The Bertz CT molecular complexity index is 738. The first kappa shape index (κ1) is 15.9. The fraction of sp³-hybridized carbons (Fsp3) is 0.267. The molecule has 1 amide bonds. The Balaban J connectivity index is 1.78. The Morgan fingerprint density at radius 1 is 1.35 bits per heavy atom. The van der Waals surface area contributed by atoms with Gasteiger partial charge in [-0.25, -0.2) is 9.78 Å². The van der Waals surface area contributed by atoms with Crippen molar-refractivity contribution in [1.29, 1.82) is 0 Å². The molecule has 0 bridgehead atoms. The molecular formula is C15H13ClN2O4S. The van der Waals surface area contributed by atoms with Crippen LogP contribution in [0.4, 0.5) is 0 Å². The summed E-state index contributed by atoms with van der Waals surface area (Å²) in [4.78, 5) is 28.0. The van der Waals surface area contributed by atoms with E-state index in [4.69, 9.17) is 16.3 Å². The number of carboxylic acid groups (broad SMARTS) is 1. The number of nitrogens with one attached hydrogen (secondary N) is 1. The molecule has 1 unspecified atom stereocenters. The average Bonchev–Trinajstić information content (AvgIpc) is 3.17. The number of carbonyl (C=O) groups excluding carboxylic acids is 1. The van der Waals surface area contributed by atoms with Crippen molar-refractivity contribution in [2.24, 2.45) is 0 Å². The SMILES string of the molecule is O=C(NC1(C(=O)O)CCOC1)c1csc(-c2ccc(Cl)cc2)n1. The van der Waals surface area contributed by atoms with Crippen molar-refractivity contribution < 1.29 is 19.4 Å². The lowest BCUT2D eigenvalue weighted by atomic mass is 9.99. The largest absolute Gasteiger partial charge is 0.479 e. The fourth-order valence-electron chi connectivity index (χ4n) is 2.27. The summed E-state index contributed by atoms with van der Waals surface area (Å²) >= 11 is 7.15. The van der Waals surface area contributed by atoms with Crippen LogP contribution < -0.4 is 5.32 Å². The van der Waals surface area contributed by atoms with E-state index in [9.17, 15) is 14.7 Å². The highest BCUT2D eigenvalue weighted by atomic mass is 35.5. The lowest BCUT2D eigenvalue weighted by Gasteiger charge is -2.22. The third-order valence-electron chi connectivity index (χ3n) is 3.61. The maximum Gasteiger partial charge on any atom is 0.331 e. The number of nitrogens with zero attached hydrogens (tertiary/aromatic N) is 1. The summed E-state index contributed by atoms with van der Waals surface area (Å²) in [7, 11) is 0. The number of thiazole rings is 1. The van der Waals surface area contributed by atoms with Gasteiger partial charge >= 0.3 is 5.97 Å². The minimum Gasteiger partial charge on any atom is -0.479 e. The zero-order chi connectivity index (χ0) is 16.4. The second kappa shape index (κ2) is 6.27. The van der Waals surface area contributed by atoms with Crippen molar-refractivity contribution in [3.63, 3.8) is 0 Å². The van der Waals surface area contributed by atoms with Crippen LogP contribution in [-0.2, 0) is 9.53 Å². The maximum absolute atomic E-state index is 12.3. The van der Waals surface area contributed by atoms with Gasteiger partial charge in [-0.3, -0.25) is 4.79 Å². The molecule has 6 nitrogen and oxygen atoms in total. The molecule has 0 saturated carbocycles. The van der Waals surface area contributed by atoms with Crippen LogP contribution in [0.5, 0.6) is 0 Å². The highest BCUT2D eigenvalue weighted by molar-refractivity contribution is 7.13. The Labute approximate surface area is 141 Å². The Morgan fingerprint density at radius 2 is 2.09 bits per heavy atom. The standard InChI is InChI=1S/C15H13ClN2O4S/c16-10-3-1-9(2-4-10)13-17-11(7-23-13)12(19)18-15(14(20)21)5-6-22-8-15/h1-4,7H,5-6,8H2,(H,18,19)(H,20,21). The molecule has 2 N–H and O–H groups in total. The van der Waals surface area contributed by atoms with Crippen LogP contribution in [0.25, 0.3) is 10.6 Å². The van der Waals surface area contributed by atoms with Gasteiger partial charge in [0.1, 0.15) is 10.7 Å². The van der Waals surface area contributed by atoms with Crippen LogP contribution >= 0.6 is 22.9 Å². The number of aromatic nitrogens is 1. The van der Waals surface area contributed by atoms with Crippen LogP contribution in [0.1, 0.15) is 16.9 Å². The van der Waals surface area contributed by atoms with Crippen molar-refractivity contribution >= 4 is 34.8 Å². The van der Waals surface area contributed by atoms with Gasteiger partial charge in [-0.2, -0.15) is 0 Å². The van der Waals surface area contributed by atoms with Gasteiger partial charge in [0, 0.05) is 29.0 Å². The molecule has 2 heterocycles. The second-order valence-corrected chi connectivity index (χ2v) is 6.48. The lowest BCUT2D eigenvalue weighted by molar-refractivity contribution is -0.144. The van der Waals surface area contributed by atoms with Crippen molar-refractivity contribution in [2.75, 3.05) is 13.2 Å². The van der Waals surface area contributed by atoms with E-state index < -0.39 is 17.4 Å². The predicted octanol–water partition coefficient (Wildman–Crippen LogP) is 2.44. The first-order valence-corrected chi connectivity index (χ1v) is 8.11. The summed E-state index contributed by atoms with van der Waals surface area (Å²) in [6, 6.07) is 7.11. The number of rotatable bonds is 4. The van der Waals surface area contributed by atoms with E-state index in [1.807, 2.05) is 12.1 Å². The van der Waals surface area contributed by atoms with Crippen molar-refractivity contribution in [3.8, 4) is 10.6 Å². The molecule has 1 atom stereocenters. The Hall–Kier alpha value is -1.96. The first-order valence-electron chi connectivity index (χ1n) is 6.85. The molecule has 3 rings (SSSR count). The minimum atomic E-state index is -1.37. The highest BCUT2D eigenvalue weighted by Gasteiger charge is 2.44. The van der Waals surface area contributed by atoms with E-state index in [0.717, 1.165) is 5.56 Å². The molecule has 2 aromatic rings. The second-order valence-electron chi connectivity index (χ2n) is 5.19. The van der Waals surface area contributed by atoms with Crippen molar-refractivity contribution in [3.05, 3.63) is 40.4 Å². The van der Waals surface area contributed by atoms with Crippen molar-refractivity contribution in [1.82, 2.24) is 10.3 Å². The minimum absolute atomic E-state index is 0.0394. The number of hydrogen-bond acceptors (Lipinski definition) is 5. The molecule has 1 aromatic carbocycles. The summed E-state index contributed by atoms with van der Waals surface area (Å²) in [5.74, 6) is -1.62. The molecule has 8 heteroatoms. The smallest absolute Gasteiger partial charge is 0.331 e.